The van der Waals surface area contributed by atoms with Crippen molar-refractivity contribution in [2.24, 2.45) is 0 Å². The lowest BCUT2D eigenvalue weighted by molar-refractivity contribution is 0.880. The van der Waals surface area contributed by atoms with E-state index in [0.717, 1.165) is 16.9 Å². The number of halogens is 2. The maximum Gasteiger partial charge on any atom is 0.163 e. The number of benzene rings is 2. The Labute approximate surface area is 132 Å². The van der Waals surface area contributed by atoms with Crippen LogP contribution in [0, 0.1) is 11.3 Å². The molecule has 21 heavy (non-hydrogen) atoms. The lowest BCUT2D eigenvalue weighted by Crippen LogP contribution is -1.98. The number of hydrogen-bond acceptors (Lipinski definition) is 2. The van der Waals surface area contributed by atoms with Gasteiger partial charge < -0.3 is 0 Å². The van der Waals surface area contributed by atoms with E-state index in [0.29, 0.717) is 15.7 Å². The van der Waals surface area contributed by atoms with Gasteiger partial charge in [-0.1, -0.05) is 47.5 Å². The molecule has 0 N–H and O–H groups in total. The van der Waals surface area contributed by atoms with Crippen molar-refractivity contribution >= 4 is 23.2 Å². The molecule has 0 aliphatic carbocycles. The molecule has 3 aromatic rings. The fourth-order valence-corrected chi connectivity index (χ4v) is 2.36. The minimum atomic E-state index is 0.347. The number of hydrogen-bond donors (Lipinski definition) is 0. The van der Waals surface area contributed by atoms with Gasteiger partial charge in [-0.2, -0.15) is 10.4 Å². The Morgan fingerprint density at radius 2 is 1.71 bits per heavy atom. The van der Waals surface area contributed by atoms with Crippen LogP contribution in [0.15, 0.2) is 54.6 Å². The monoisotopic (exact) mass is 313 g/mol. The van der Waals surface area contributed by atoms with Gasteiger partial charge in [-0.05, 0) is 24.3 Å². The summed E-state index contributed by atoms with van der Waals surface area (Å²) in [5.74, 6) is 0. The Balaban J connectivity index is 2.20. The second-order valence-corrected chi connectivity index (χ2v) is 5.22. The molecule has 0 radical (unpaired) electrons. The zero-order valence-electron chi connectivity index (χ0n) is 10.8. The highest BCUT2D eigenvalue weighted by atomic mass is 35.5. The van der Waals surface area contributed by atoms with Crippen LogP contribution in [-0.4, -0.2) is 9.78 Å². The van der Waals surface area contributed by atoms with Gasteiger partial charge in [-0.15, -0.1) is 0 Å². The Morgan fingerprint density at radius 1 is 0.952 bits per heavy atom. The van der Waals surface area contributed by atoms with Crippen molar-refractivity contribution in [2.75, 3.05) is 0 Å². The van der Waals surface area contributed by atoms with Gasteiger partial charge >= 0.3 is 0 Å². The molecule has 1 heterocycles. The molecule has 0 spiro atoms. The van der Waals surface area contributed by atoms with Crippen LogP contribution in [0.3, 0.4) is 0 Å². The van der Waals surface area contributed by atoms with E-state index in [9.17, 15) is 0 Å². The SMILES string of the molecule is N#Cc1cc(-c2ccc(Cl)c(Cl)c2)n(-c2ccccc2)n1. The van der Waals surface area contributed by atoms with Gasteiger partial charge in [-0.25, -0.2) is 4.68 Å². The first-order valence-electron chi connectivity index (χ1n) is 6.20. The molecule has 0 bridgehead atoms. The van der Waals surface area contributed by atoms with E-state index < -0.39 is 0 Å². The van der Waals surface area contributed by atoms with Crippen LogP contribution in [0.2, 0.25) is 10.0 Å². The van der Waals surface area contributed by atoms with E-state index in [1.165, 1.54) is 0 Å². The molecule has 1 aromatic heterocycles. The molecule has 0 amide bonds. The quantitative estimate of drug-likeness (QED) is 0.687. The highest BCUT2D eigenvalue weighted by Crippen LogP contribution is 2.30. The van der Waals surface area contributed by atoms with Gasteiger partial charge in [0.25, 0.3) is 0 Å². The molecular formula is C16H9Cl2N3. The zero-order valence-corrected chi connectivity index (χ0v) is 12.3. The van der Waals surface area contributed by atoms with Crippen molar-refractivity contribution in [3.63, 3.8) is 0 Å². The second kappa shape index (κ2) is 5.61. The van der Waals surface area contributed by atoms with Gasteiger partial charge in [0, 0.05) is 11.6 Å². The summed E-state index contributed by atoms with van der Waals surface area (Å²) < 4.78 is 1.72. The molecular weight excluding hydrogens is 305 g/mol. The number of aromatic nitrogens is 2. The second-order valence-electron chi connectivity index (χ2n) is 4.40. The van der Waals surface area contributed by atoms with E-state index in [2.05, 4.69) is 11.2 Å². The molecule has 5 heteroatoms. The zero-order chi connectivity index (χ0) is 14.8. The van der Waals surface area contributed by atoms with Crippen molar-refractivity contribution in [2.45, 2.75) is 0 Å². The summed E-state index contributed by atoms with van der Waals surface area (Å²) in [6, 6.07) is 18.8. The van der Waals surface area contributed by atoms with Crippen molar-refractivity contribution in [3.8, 4) is 23.0 Å². The van der Waals surface area contributed by atoms with Crippen molar-refractivity contribution in [3.05, 3.63) is 70.3 Å². The van der Waals surface area contributed by atoms with Gasteiger partial charge in [0.2, 0.25) is 0 Å². The molecule has 0 saturated heterocycles. The van der Waals surface area contributed by atoms with Crippen molar-refractivity contribution in [1.29, 1.82) is 5.26 Å². The van der Waals surface area contributed by atoms with Crippen LogP contribution in [0.5, 0.6) is 0 Å². The Hall–Kier alpha value is -2.28. The van der Waals surface area contributed by atoms with Crippen LogP contribution in [0.25, 0.3) is 16.9 Å². The van der Waals surface area contributed by atoms with Gasteiger partial charge in [0.05, 0.1) is 21.4 Å². The summed E-state index contributed by atoms with van der Waals surface area (Å²) in [5.41, 5.74) is 2.86. The average molecular weight is 314 g/mol. The lowest BCUT2D eigenvalue weighted by Gasteiger charge is -2.08. The van der Waals surface area contributed by atoms with Crippen LogP contribution >= 0.6 is 23.2 Å². The third-order valence-electron chi connectivity index (χ3n) is 3.04. The largest absolute Gasteiger partial charge is 0.232 e. The highest BCUT2D eigenvalue weighted by molar-refractivity contribution is 6.42. The fraction of sp³-hybridized carbons (Fsp3) is 0. The molecule has 0 aliphatic heterocycles. The molecule has 0 unspecified atom stereocenters. The first-order chi connectivity index (χ1) is 10.2. The Morgan fingerprint density at radius 3 is 2.38 bits per heavy atom. The highest BCUT2D eigenvalue weighted by Gasteiger charge is 2.12. The topological polar surface area (TPSA) is 41.6 Å². The van der Waals surface area contributed by atoms with Crippen LogP contribution < -0.4 is 0 Å². The number of nitriles is 1. The van der Waals surface area contributed by atoms with E-state index in [1.54, 1.807) is 22.9 Å². The minimum Gasteiger partial charge on any atom is -0.232 e. The predicted octanol–water partition coefficient (Wildman–Crippen LogP) is 4.72. The molecule has 0 saturated carbocycles. The van der Waals surface area contributed by atoms with Gasteiger partial charge in [0.1, 0.15) is 6.07 Å². The summed E-state index contributed by atoms with van der Waals surface area (Å²) in [6.07, 6.45) is 0. The van der Waals surface area contributed by atoms with E-state index in [1.807, 2.05) is 36.4 Å². The van der Waals surface area contributed by atoms with Crippen LogP contribution in [-0.2, 0) is 0 Å². The summed E-state index contributed by atoms with van der Waals surface area (Å²) >= 11 is 12.0. The number of nitrogens with zero attached hydrogens (tertiary/aromatic N) is 3. The molecule has 0 fully saturated rings. The van der Waals surface area contributed by atoms with E-state index >= 15 is 0 Å². The first kappa shape index (κ1) is 13.7. The molecule has 0 aliphatic rings. The van der Waals surface area contributed by atoms with Crippen LogP contribution in [0.4, 0.5) is 0 Å². The Bertz CT molecular complexity index is 832. The van der Waals surface area contributed by atoms with Crippen molar-refractivity contribution < 1.29 is 0 Å². The fourth-order valence-electron chi connectivity index (χ4n) is 2.06. The standard InChI is InChI=1S/C16H9Cl2N3/c17-14-7-6-11(8-15(14)18)16-9-12(10-19)20-21(16)13-4-2-1-3-5-13/h1-9H. The van der Waals surface area contributed by atoms with E-state index in [-0.39, 0.29) is 0 Å². The first-order valence-corrected chi connectivity index (χ1v) is 6.95. The van der Waals surface area contributed by atoms with Gasteiger partial charge in [0.15, 0.2) is 5.69 Å². The molecule has 102 valence electrons. The predicted molar refractivity (Wildman–Crippen MR) is 83.7 cm³/mol. The maximum absolute atomic E-state index is 9.09. The van der Waals surface area contributed by atoms with Crippen molar-refractivity contribution in [1.82, 2.24) is 9.78 Å². The lowest BCUT2D eigenvalue weighted by atomic mass is 10.1. The molecule has 0 atom stereocenters. The Kier molecular flexibility index (Phi) is 3.66. The van der Waals surface area contributed by atoms with Gasteiger partial charge in [-0.3, -0.25) is 0 Å². The summed E-state index contributed by atoms with van der Waals surface area (Å²) in [5, 5.41) is 14.4. The summed E-state index contributed by atoms with van der Waals surface area (Å²) in [6.45, 7) is 0. The average Bonchev–Trinajstić information content (AvgIpc) is 2.95. The minimum absolute atomic E-state index is 0.347. The molecule has 2 aromatic carbocycles. The summed E-state index contributed by atoms with van der Waals surface area (Å²) in [4.78, 5) is 0. The third kappa shape index (κ3) is 2.64. The number of rotatable bonds is 2. The smallest absolute Gasteiger partial charge is 0.163 e. The third-order valence-corrected chi connectivity index (χ3v) is 3.78. The molecule has 3 rings (SSSR count). The van der Waals surface area contributed by atoms with E-state index in [4.69, 9.17) is 28.5 Å². The number of para-hydroxylation sites is 1. The maximum atomic E-state index is 9.09. The van der Waals surface area contributed by atoms with Crippen LogP contribution in [0.1, 0.15) is 5.69 Å². The summed E-state index contributed by atoms with van der Waals surface area (Å²) in [7, 11) is 0. The molecule has 3 nitrogen and oxygen atoms in total. The normalized spacial score (nSPS) is 10.3.